The lowest BCUT2D eigenvalue weighted by molar-refractivity contribution is -0.0440. The predicted octanol–water partition coefficient (Wildman–Crippen LogP) is 9.19. The van der Waals surface area contributed by atoms with Crippen LogP contribution in [0.5, 0.6) is 11.5 Å². The van der Waals surface area contributed by atoms with Crippen molar-refractivity contribution in [2.24, 2.45) is 11.8 Å². The van der Waals surface area contributed by atoms with E-state index in [0.29, 0.717) is 26.3 Å². The molecule has 6 heterocycles. The number of benzene rings is 3. The molecule has 3 aliphatic heterocycles. The molecule has 17 heteroatoms. The van der Waals surface area contributed by atoms with Gasteiger partial charge in [0.05, 0.1) is 73.9 Å². The number of rotatable bonds is 19. The topological polar surface area (TPSA) is 193 Å². The van der Waals surface area contributed by atoms with Crippen molar-refractivity contribution in [2.45, 2.75) is 103 Å². The minimum atomic E-state index is -0.923. The van der Waals surface area contributed by atoms with Gasteiger partial charge in [0.25, 0.3) is 0 Å². The summed E-state index contributed by atoms with van der Waals surface area (Å²) in [5, 5.41) is 18.5. The minimum absolute atomic E-state index is 0.0304. The van der Waals surface area contributed by atoms with Crippen LogP contribution >= 0.6 is 0 Å². The molecule has 0 aliphatic carbocycles. The van der Waals surface area contributed by atoms with Crippen molar-refractivity contribution in [2.75, 3.05) is 54.2 Å². The zero-order valence-corrected chi connectivity index (χ0v) is 41.9. The Bertz CT molecular complexity index is 2780. The summed E-state index contributed by atoms with van der Waals surface area (Å²) < 4.78 is 30.7. The maximum absolute atomic E-state index is 12.2. The summed E-state index contributed by atoms with van der Waals surface area (Å²) in [7, 11) is 4.44. The fourth-order valence-corrected chi connectivity index (χ4v) is 10.5. The van der Waals surface area contributed by atoms with E-state index in [9.17, 15) is 14.7 Å². The van der Waals surface area contributed by atoms with E-state index in [4.69, 9.17) is 33.7 Å². The number of aromatic nitrogens is 5. The molecule has 0 radical (unpaired) electrons. The first-order valence-corrected chi connectivity index (χ1v) is 25.1. The van der Waals surface area contributed by atoms with Gasteiger partial charge in [0.2, 0.25) is 6.23 Å². The molecule has 3 aliphatic rings. The van der Waals surface area contributed by atoms with Crippen molar-refractivity contribution in [1.82, 2.24) is 44.9 Å². The number of likely N-dealkylation sites (tertiary alicyclic amines) is 2. The number of imidazole rings is 2. The third kappa shape index (κ3) is 10.6. The number of nitrogens with zero attached hydrogens (tertiary/aromatic N) is 5. The Morgan fingerprint density at radius 1 is 0.803 bits per heavy atom. The molecular weight excluding hydrogens is 903 g/mol. The van der Waals surface area contributed by atoms with Crippen LogP contribution in [0.4, 0.5) is 9.59 Å². The van der Waals surface area contributed by atoms with Crippen molar-refractivity contribution in [3.8, 4) is 45.3 Å². The molecular formula is C54H69N9O8. The van der Waals surface area contributed by atoms with Crippen LogP contribution in [-0.4, -0.2) is 124 Å². The number of fused-ring (bicyclic) bond motifs is 5. The van der Waals surface area contributed by atoms with Gasteiger partial charge < -0.3 is 54.0 Å². The summed E-state index contributed by atoms with van der Waals surface area (Å²) in [6, 6.07) is 22.6. The van der Waals surface area contributed by atoms with Gasteiger partial charge in [-0.2, -0.15) is 0 Å². The van der Waals surface area contributed by atoms with E-state index in [1.54, 1.807) is 7.11 Å². The lowest BCUT2D eigenvalue weighted by Crippen LogP contribution is -2.54. The van der Waals surface area contributed by atoms with Crippen LogP contribution in [-0.2, 0) is 14.2 Å². The lowest BCUT2D eigenvalue weighted by atomic mass is 10.0. The normalized spacial score (nSPS) is 19.3. The number of aromatic amines is 2. The molecule has 2 amide bonds. The summed E-state index contributed by atoms with van der Waals surface area (Å²) >= 11 is 0. The first-order chi connectivity index (χ1) is 34.4. The Morgan fingerprint density at radius 3 is 2.23 bits per heavy atom. The van der Waals surface area contributed by atoms with Gasteiger partial charge in [-0.15, -0.1) is 0 Å². The van der Waals surface area contributed by atoms with Gasteiger partial charge in [-0.3, -0.25) is 9.80 Å². The Morgan fingerprint density at radius 2 is 1.49 bits per heavy atom. The van der Waals surface area contributed by atoms with Crippen LogP contribution in [0.3, 0.4) is 0 Å². The summed E-state index contributed by atoms with van der Waals surface area (Å²) in [4.78, 5) is 45.8. The Labute approximate surface area is 415 Å². The highest BCUT2D eigenvalue weighted by molar-refractivity contribution is 5.92. The van der Waals surface area contributed by atoms with E-state index in [0.717, 1.165) is 118 Å². The maximum Gasteiger partial charge on any atom is 0.407 e. The van der Waals surface area contributed by atoms with Gasteiger partial charge >= 0.3 is 12.2 Å². The second-order valence-electron chi connectivity index (χ2n) is 19.7. The molecule has 6 unspecified atom stereocenters. The fourth-order valence-electron chi connectivity index (χ4n) is 10.5. The van der Waals surface area contributed by atoms with Crippen molar-refractivity contribution >= 4 is 23.1 Å². The van der Waals surface area contributed by atoms with E-state index in [2.05, 4.69) is 98.5 Å². The number of unbranched alkanes of at least 4 members (excludes halogenated alkanes) is 1. The zero-order valence-electron chi connectivity index (χ0n) is 41.9. The number of amides is 2. The Kier molecular flexibility index (Phi) is 15.3. The van der Waals surface area contributed by atoms with Gasteiger partial charge in [-0.1, -0.05) is 52.0 Å². The van der Waals surface area contributed by atoms with Gasteiger partial charge in [0.15, 0.2) is 0 Å². The molecule has 0 spiro atoms. The predicted molar refractivity (Wildman–Crippen MR) is 271 cm³/mol. The number of aliphatic hydroxyl groups excluding tert-OH is 1. The van der Waals surface area contributed by atoms with Crippen LogP contribution in [0.15, 0.2) is 79.1 Å². The van der Waals surface area contributed by atoms with E-state index < -0.39 is 30.7 Å². The highest BCUT2D eigenvalue weighted by Crippen LogP contribution is 2.47. The number of alkyl carbamates (subject to hydrolysis) is 2. The number of H-pyrrole nitrogens is 2. The Hall–Kier alpha value is -6.40. The number of hydrogen-bond acceptors (Lipinski definition) is 12. The summed E-state index contributed by atoms with van der Waals surface area (Å²) in [6.45, 7) is 11.7. The molecule has 71 heavy (non-hydrogen) atoms. The maximum atomic E-state index is 12.2. The molecule has 17 nitrogen and oxygen atoms in total. The van der Waals surface area contributed by atoms with Crippen molar-refractivity contribution in [3.05, 3.63) is 96.3 Å². The molecule has 6 atom stereocenters. The second-order valence-corrected chi connectivity index (χ2v) is 19.7. The molecule has 3 aromatic heterocycles. The van der Waals surface area contributed by atoms with E-state index in [-0.39, 0.29) is 30.0 Å². The van der Waals surface area contributed by atoms with Crippen LogP contribution in [0.25, 0.3) is 44.7 Å². The molecule has 6 aromatic rings. The SMILES string of the molecule is COCCCCOc1cccc(C2Oc3cc(-c4cnc(C5CCCN5CC(NC(=O)OC)C(C)C)[nH]4)ccc3-c3cc4cc(-c5cnc(C6CCCN6C(O)C(NC(=O)OC)C(C)C)[nH]5)ccc4n32)c1. The molecule has 2 saturated heterocycles. The van der Waals surface area contributed by atoms with Gasteiger partial charge in [0, 0.05) is 60.5 Å². The number of ether oxygens (including phenoxy) is 5. The molecule has 0 saturated carbocycles. The molecule has 3 aromatic carbocycles. The standard InChI is InChI=1S/C54H69N9O8/c1-32(2)42(59-53(65)68-6)31-61-21-11-15-44(61)49-55-30-41(57-49)35-17-19-39-46-27-37-25-34(40-29-56-50(58-40)45-16-12-22-62(45)51(64)48(33(3)4)60-54(66)69-7)18-20-43(37)63(46)52(71-47(39)28-35)36-13-10-14-38(26-36)70-24-9-8-23-67-5/h10,13-14,17-20,25-30,32-33,42,44-45,48,51-52,64H,8-9,11-12,15-16,21-24,31H2,1-7H3,(H,55,57)(H,56,58)(H,59,65)(H,60,66). The molecule has 0 bridgehead atoms. The van der Waals surface area contributed by atoms with Gasteiger partial charge in [-0.05, 0) is 99.4 Å². The van der Waals surface area contributed by atoms with Crippen LogP contribution in [0.2, 0.25) is 0 Å². The minimum Gasteiger partial charge on any atom is -0.494 e. The average Bonchev–Trinajstić information content (AvgIpc) is 4.24. The third-order valence-electron chi connectivity index (χ3n) is 14.4. The molecule has 9 rings (SSSR count). The van der Waals surface area contributed by atoms with Crippen LogP contribution in [0, 0.1) is 11.8 Å². The fraction of sp³-hybridized carbons (Fsp3) is 0.481. The number of aliphatic hydroxyl groups is 1. The first-order valence-electron chi connectivity index (χ1n) is 25.1. The number of nitrogens with one attached hydrogen (secondary N) is 4. The summed E-state index contributed by atoms with van der Waals surface area (Å²) in [6.07, 6.45) is 6.87. The first kappa shape index (κ1) is 49.6. The third-order valence-corrected chi connectivity index (χ3v) is 14.4. The quantitative estimate of drug-likeness (QED) is 0.0484. The van der Waals surface area contributed by atoms with Crippen molar-refractivity contribution in [3.63, 3.8) is 0 Å². The van der Waals surface area contributed by atoms with E-state index >= 15 is 0 Å². The van der Waals surface area contributed by atoms with Gasteiger partial charge in [0.1, 0.15) is 29.4 Å². The lowest BCUT2D eigenvalue weighted by Gasteiger charge is -2.35. The van der Waals surface area contributed by atoms with Crippen molar-refractivity contribution < 1.29 is 38.4 Å². The second kappa shape index (κ2) is 21.9. The monoisotopic (exact) mass is 972 g/mol. The Balaban J connectivity index is 1.02. The molecule has 378 valence electrons. The highest BCUT2D eigenvalue weighted by Gasteiger charge is 2.39. The largest absolute Gasteiger partial charge is 0.494 e. The number of hydrogen-bond donors (Lipinski definition) is 5. The van der Waals surface area contributed by atoms with Crippen molar-refractivity contribution in [1.29, 1.82) is 0 Å². The summed E-state index contributed by atoms with van der Waals surface area (Å²) in [5.41, 5.74) is 7.66. The van der Waals surface area contributed by atoms with E-state index in [1.807, 2.05) is 43.3 Å². The van der Waals surface area contributed by atoms with E-state index in [1.165, 1.54) is 14.2 Å². The molecule has 5 N–H and O–H groups in total. The van der Waals surface area contributed by atoms with Crippen LogP contribution in [0.1, 0.15) is 102 Å². The smallest absolute Gasteiger partial charge is 0.407 e. The van der Waals surface area contributed by atoms with Gasteiger partial charge in [-0.25, -0.2) is 19.6 Å². The number of methoxy groups -OCH3 is 3. The number of carbonyl (C=O) groups is 2. The zero-order chi connectivity index (χ0) is 49.8. The summed E-state index contributed by atoms with van der Waals surface area (Å²) in [5.74, 6) is 3.40. The average molecular weight is 972 g/mol. The van der Waals surface area contributed by atoms with Crippen LogP contribution < -0.4 is 20.1 Å². The number of carbonyl (C=O) groups excluding carboxylic acids is 2. The highest BCUT2D eigenvalue weighted by atomic mass is 16.5. The molecule has 2 fully saturated rings.